The lowest BCUT2D eigenvalue weighted by Gasteiger charge is -2.53. The number of pyridine rings is 2. The largest absolute Gasteiger partial charge is 0.381 e. The number of nitrogens with one attached hydrogen (secondary N) is 2. The Labute approximate surface area is 308 Å². The molecule has 264 valence electrons. The molecule has 2 N–H and O–H groups in total. The molecule has 0 radical (unpaired) electrons. The SMILES string of the molecule is Cc1cnc(N2CC3(CCOCC3)C2)c(C(=O)Nc2ccc(C(=O)N3CCc4cc(NC(=O)c5c(F)cccc5Cl)sc4-c4ncccc43)cc2)c1. The monoisotopic (exact) mass is 736 g/mol. The summed E-state index contributed by atoms with van der Waals surface area (Å²) in [6.07, 6.45) is 5.98. The molecule has 3 amide bonds. The fourth-order valence-corrected chi connectivity index (χ4v) is 8.54. The molecule has 0 unspecified atom stereocenters. The van der Waals surface area contributed by atoms with Gasteiger partial charge in [0.15, 0.2) is 0 Å². The molecule has 2 fully saturated rings. The Bertz CT molecular complexity index is 2190. The van der Waals surface area contributed by atoms with E-state index >= 15 is 0 Å². The molecule has 0 saturated carbocycles. The second kappa shape index (κ2) is 13.8. The van der Waals surface area contributed by atoms with Crippen LogP contribution in [0.15, 0.2) is 79.1 Å². The molecular weight excluding hydrogens is 703 g/mol. The van der Waals surface area contributed by atoms with Gasteiger partial charge in [0.2, 0.25) is 0 Å². The zero-order valence-corrected chi connectivity index (χ0v) is 29.8. The van der Waals surface area contributed by atoms with Gasteiger partial charge in [-0.15, -0.1) is 11.3 Å². The molecule has 10 nitrogen and oxygen atoms in total. The third-order valence-electron chi connectivity index (χ3n) is 9.92. The third kappa shape index (κ3) is 6.42. The number of amides is 3. The summed E-state index contributed by atoms with van der Waals surface area (Å²) in [7, 11) is 0. The number of rotatable bonds is 6. The van der Waals surface area contributed by atoms with E-state index in [1.165, 1.54) is 29.5 Å². The maximum atomic E-state index is 14.4. The summed E-state index contributed by atoms with van der Waals surface area (Å²) in [4.78, 5) is 54.5. The first-order chi connectivity index (χ1) is 25.2. The fourth-order valence-electron chi connectivity index (χ4n) is 7.18. The summed E-state index contributed by atoms with van der Waals surface area (Å²) in [5.41, 5.74) is 4.57. The molecule has 0 aliphatic carbocycles. The van der Waals surface area contributed by atoms with Crippen LogP contribution in [0.5, 0.6) is 0 Å². The Morgan fingerprint density at radius 3 is 2.52 bits per heavy atom. The Kier molecular flexibility index (Phi) is 8.98. The van der Waals surface area contributed by atoms with Gasteiger partial charge >= 0.3 is 0 Å². The van der Waals surface area contributed by atoms with Crippen molar-refractivity contribution in [1.82, 2.24) is 9.97 Å². The molecule has 1 spiro atoms. The van der Waals surface area contributed by atoms with Crippen molar-refractivity contribution in [3.8, 4) is 10.6 Å². The summed E-state index contributed by atoms with van der Waals surface area (Å²) in [5, 5.41) is 6.31. The van der Waals surface area contributed by atoms with E-state index < -0.39 is 11.7 Å². The minimum Gasteiger partial charge on any atom is -0.381 e. The van der Waals surface area contributed by atoms with Crippen molar-refractivity contribution in [1.29, 1.82) is 0 Å². The van der Waals surface area contributed by atoms with E-state index in [0.717, 1.165) is 55.1 Å². The quantitative estimate of drug-likeness (QED) is 0.184. The van der Waals surface area contributed by atoms with Gasteiger partial charge in [0.05, 0.1) is 31.7 Å². The van der Waals surface area contributed by atoms with Crippen LogP contribution in [0.2, 0.25) is 5.02 Å². The van der Waals surface area contributed by atoms with Crippen LogP contribution in [0.3, 0.4) is 0 Å². The van der Waals surface area contributed by atoms with Crippen LogP contribution in [0.1, 0.15) is 55.0 Å². The number of ether oxygens (including phenoxy) is 1. The van der Waals surface area contributed by atoms with Crippen LogP contribution in [0, 0.1) is 18.2 Å². The second-order valence-corrected chi connectivity index (χ2v) is 14.9. The van der Waals surface area contributed by atoms with Crippen molar-refractivity contribution < 1.29 is 23.5 Å². The van der Waals surface area contributed by atoms with Crippen LogP contribution >= 0.6 is 22.9 Å². The first kappa shape index (κ1) is 33.9. The first-order valence-electron chi connectivity index (χ1n) is 17.0. The van der Waals surface area contributed by atoms with E-state index in [4.69, 9.17) is 16.3 Å². The van der Waals surface area contributed by atoms with Crippen LogP contribution < -0.4 is 20.4 Å². The standard InChI is InChI=1S/C39H34ClFN6O4S/c1-23-18-27(35(43-20-23)46-21-39(22-46)12-16-51-17-13-39)36(48)44-26-9-7-24(8-10-26)38(50)47-15-11-25-19-31(52-34(25)33-30(47)6-3-14-42-33)45-37(49)32-28(40)4-2-5-29(32)41/h2-10,14,18-20H,11-13,15-17,21-22H2,1H3,(H,44,48)(H,45,49). The van der Waals surface area contributed by atoms with Gasteiger partial charge in [-0.3, -0.25) is 19.4 Å². The molecule has 5 aromatic rings. The van der Waals surface area contributed by atoms with E-state index in [0.29, 0.717) is 52.0 Å². The molecule has 13 heteroatoms. The maximum Gasteiger partial charge on any atom is 0.260 e. The molecule has 2 saturated heterocycles. The van der Waals surface area contributed by atoms with Crippen LogP contribution in [0.4, 0.5) is 26.6 Å². The minimum absolute atomic E-state index is 0.0239. The Balaban J connectivity index is 0.973. The molecule has 8 rings (SSSR count). The van der Waals surface area contributed by atoms with Crippen LogP contribution in [-0.2, 0) is 11.2 Å². The minimum atomic E-state index is -0.705. The second-order valence-electron chi connectivity index (χ2n) is 13.5. The number of aromatic nitrogens is 2. The summed E-state index contributed by atoms with van der Waals surface area (Å²) in [6, 6.07) is 18.3. The van der Waals surface area contributed by atoms with Gasteiger partial charge in [0.1, 0.15) is 17.3 Å². The summed E-state index contributed by atoms with van der Waals surface area (Å²) < 4.78 is 20.0. The molecule has 0 bridgehead atoms. The van der Waals surface area contributed by atoms with Crippen molar-refractivity contribution >= 4 is 62.9 Å². The van der Waals surface area contributed by atoms with Crippen molar-refractivity contribution in [2.45, 2.75) is 26.2 Å². The smallest absolute Gasteiger partial charge is 0.260 e. The van der Waals surface area contributed by atoms with Gasteiger partial charge in [-0.05, 0) is 98.0 Å². The average molecular weight is 737 g/mol. The highest BCUT2D eigenvalue weighted by Gasteiger charge is 2.45. The maximum absolute atomic E-state index is 14.4. The molecule has 6 heterocycles. The zero-order chi connectivity index (χ0) is 36.0. The summed E-state index contributed by atoms with van der Waals surface area (Å²) >= 11 is 7.42. The lowest BCUT2D eigenvalue weighted by Crippen LogP contribution is -2.59. The molecule has 2 aromatic carbocycles. The number of hydrogen-bond acceptors (Lipinski definition) is 8. The van der Waals surface area contributed by atoms with Crippen molar-refractivity contribution in [2.24, 2.45) is 5.41 Å². The van der Waals surface area contributed by atoms with Gasteiger partial charge in [-0.2, -0.15) is 0 Å². The molecular formula is C39H34ClFN6O4S. The van der Waals surface area contributed by atoms with Gasteiger partial charge in [-0.25, -0.2) is 9.37 Å². The zero-order valence-electron chi connectivity index (χ0n) is 28.2. The van der Waals surface area contributed by atoms with Crippen molar-refractivity contribution in [3.63, 3.8) is 0 Å². The number of nitrogens with zero attached hydrogens (tertiary/aromatic N) is 4. The Morgan fingerprint density at radius 1 is 0.962 bits per heavy atom. The fraction of sp³-hybridized carbons (Fsp3) is 0.256. The Morgan fingerprint density at radius 2 is 1.75 bits per heavy atom. The lowest BCUT2D eigenvalue weighted by atomic mass is 9.73. The molecule has 3 aromatic heterocycles. The van der Waals surface area contributed by atoms with Gasteiger partial charge in [0, 0.05) is 61.9 Å². The van der Waals surface area contributed by atoms with Gasteiger partial charge < -0.3 is 25.2 Å². The summed E-state index contributed by atoms with van der Waals surface area (Å²) in [5.74, 6) is -1.14. The highest BCUT2D eigenvalue weighted by Crippen LogP contribution is 2.44. The Hall–Kier alpha value is -5.17. The topological polar surface area (TPSA) is 117 Å². The van der Waals surface area contributed by atoms with Crippen LogP contribution in [-0.4, -0.2) is 60.5 Å². The van der Waals surface area contributed by atoms with E-state index in [1.807, 2.05) is 25.1 Å². The number of anilines is 4. The number of aryl methyl sites for hydroxylation is 1. The third-order valence-corrected chi connectivity index (χ3v) is 11.3. The number of hydrogen-bond donors (Lipinski definition) is 2. The van der Waals surface area contributed by atoms with E-state index in [-0.39, 0.29) is 27.8 Å². The number of halogens is 2. The number of benzene rings is 2. The number of fused-ring (bicyclic) bond motifs is 3. The summed E-state index contributed by atoms with van der Waals surface area (Å²) in [6.45, 7) is 5.54. The number of carbonyl (C=O) groups is 3. The van der Waals surface area contributed by atoms with E-state index in [1.54, 1.807) is 47.6 Å². The lowest BCUT2D eigenvalue weighted by molar-refractivity contribution is -0.000511. The average Bonchev–Trinajstić information content (AvgIpc) is 3.46. The predicted octanol–water partition coefficient (Wildman–Crippen LogP) is 7.63. The van der Waals surface area contributed by atoms with Gasteiger partial charge in [0.25, 0.3) is 17.7 Å². The normalized spacial score (nSPS) is 16.0. The highest BCUT2D eigenvalue weighted by molar-refractivity contribution is 7.19. The van der Waals surface area contributed by atoms with E-state index in [2.05, 4.69) is 25.5 Å². The number of thiophene rings is 1. The molecule has 0 atom stereocenters. The number of carbonyl (C=O) groups excluding carboxylic acids is 3. The molecule has 52 heavy (non-hydrogen) atoms. The van der Waals surface area contributed by atoms with Crippen LogP contribution in [0.25, 0.3) is 10.6 Å². The van der Waals surface area contributed by atoms with E-state index in [9.17, 15) is 18.8 Å². The van der Waals surface area contributed by atoms with Crippen molar-refractivity contribution in [2.75, 3.05) is 53.3 Å². The van der Waals surface area contributed by atoms with Crippen molar-refractivity contribution in [3.05, 3.63) is 118 Å². The molecule has 3 aliphatic heterocycles. The molecule has 3 aliphatic rings. The van der Waals surface area contributed by atoms with Gasteiger partial charge in [-0.1, -0.05) is 17.7 Å². The highest BCUT2D eigenvalue weighted by atomic mass is 35.5. The first-order valence-corrected chi connectivity index (χ1v) is 18.2. The predicted molar refractivity (Wildman–Crippen MR) is 200 cm³/mol.